The summed E-state index contributed by atoms with van der Waals surface area (Å²) < 4.78 is 16.5. The van der Waals surface area contributed by atoms with Crippen LogP contribution in [0.3, 0.4) is 0 Å². The number of thioether (sulfide) groups is 1. The first-order chi connectivity index (χ1) is 15.6. The summed E-state index contributed by atoms with van der Waals surface area (Å²) in [6.45, 7) is 4.73. The van der Waals surface area contributed by atoms with E-state index in [-0.39, 0.29) is 5.91 Å². The summed E-state index contributed by atoms with van der Waals surface area (Å²) in [4.78, 5) is 13.3. The Morgan fingerprint density at radius 3 is 2.69 bits per heavy atom. The van der Waals surface area contributed by atoms with Gasteiger partial charge in [-0.25, -0.2) is 0 Å². The minimum absolute atomic E-state index is 0.118. The summed E-state index contributed by atoms with van der Waals surface area (Å²) in [6.07, 6.45) is 4.20. The van der Waals surface area contributed by atoms with Crippen LogP contribution < -0.4 is 14.8 Å². The fraction of sp³-hybridized carbons (Fsp3) is 0.280. The Morgan fingerprint density at radius 2 is 1.97 bits per heavy atom. The Kier molecular flexibility index (Phi) is 8.80. The minimum Gasteiger partial charge on any atom is -0.493 e. The molecule has 3 aromatic rings. The second-order valence-corrected chi connectivity index (χ2v) is 8.31. The Labute approximate surface area is 193 Å². The summed E-state index contributed by atoms with van der Waals surface area (Å²) in [6, 6.07) is 15.8. The maximum atomic E-state index is 12.1. The maximum absolute atomic E-state index is 12.1. The van der Waals surface area contributed by atoms with Gasteiger partial charge in [-0.3, -0.25) is 4.79 Å². The van der Waals surface area contributed by atoms with Gasteiger partial charge in [-0.15, -0.1) is 11.8 Å². The number of aromatic nitrogens is 1. The molecule has 0 saturated heterocycles. The van der Waals surface area contributed by atoms with E-state index >= 15 is 0 Å². The first-order valence-corrected chi connectivity index (χ1v) is 11.4. The minimum atomic E-state index is -0.118. The van der Waals surface area contributed by atoms with Crippen molar-refractivity contribution < 1.29 is 18.8 Å². The van der Waals surface area contributed by atoms with Crippen molar-refractivity contribution in [2.24, 2.45) is 0 Å². The third-order valence-corrected chi connectivity index (χ3v) is 5.90. The molecule has 0 bridgehead atoms. The Hall–Kier alpha value is -3.19. The molecule has 0 unspecified atom stereocenters. The number of aryl methyl sites for hydroxylation is 2. The molecule has 0 saturated carbocycles. The van der Waals surface area contributed by atoms with Crippen LogP contribution in [0.2, 0.25) is 0 Å². The molecule has 1 amide bonds. The molecule has 0 aliphatic heterocycles. The molecule has 1 aromatic heterocycles. The standard InChI is InChI=1S/C25H28N2O4S/c1-18-22(19(2)31-27-18)17-30-23-12-10-20(16-24(23)29-3)11-13-25(28)26-14-7-15-32-21-8-5-4-6-9-21/h4-6,8-13,16H,7,14-15,17H2,1-3H3,(H,26,28)/b13-11+. The van der Waals surface area contributed by atoms with Gasteiger partial charge in [-0.05, 0) is 61.9 Å². The maximum Gasteiger partial charge on any atom is 0.243 e. The van der Waals surface area contributed by atoms with Crippen LogP contribution in [0.4, 0.5) is 0 Å². The van der Waals surface area contributed by atoms with E-state index in [1.165, 1.54) is 11.0 Å². The van der Waals surface area contributed by atoms with E-state index in [2.05, 4.69) is 22.6 Å². The van der Waals surface area contributed by atoms with Gasteiger partial charge < -0.3 is 19.3 Å². The molecule has 0 fully saturated rings. The molecule has 7 heteroatoms. The van der Waals surface area contributed by atoms with Crippen LogP contribution in [0, 0.1) is 13.8 Å². The highest BCUT2D eigenvalue weighted by Gasteiger charge is 2.12. The molecule has 168 valence electrons. The van der Waals surface area contributed by atoms with Crippen molar-refractivity contribution >= 4 is 23.7 Å². The second kappa shape index (κ2) is 12.0. The van der Waals surface area contributed by atoms with Crippen molar-refractivity contribution in [1.29, 1.82) is 0 Å². The highest BCUT2D eigenvalue weighted by molar-refractivity contribution is 7.99. The number of benzene rings is 2. The number of amides is 1. The van der Waals surface area contributed by atoms with Gasteiger partial charge in [0.05, 0.1) is 18.4 Å². The molecule has 6 nitrogen and oxygen atoms in total. The quantitative estimate of drug-likeness (QED) is 0.245. The van der Waals surface area contributed by atoms with Crippen LogP contribution in [-0.4, -0.2) is 30.5 Å². The van der Waals surface area contributed by atoms with E-state index in [4.69, 9.17) is 14.0 Å². The van der Waals surface area contributed by atoms with E-state index in [9.17, 15) is 4.79 Å². The zero-order valence-corrected chi connectivity index (χ0v) is 19.4. The molecule has 0 aliphatic rings. The Bertz CT molecular complexity index is 1030. The van der Waals surface area contributed by atoms with E-state index in [1.54, 1.807) is 24.9 Å². The van der Waals surface area contributed by atoms with Gasteiger partial charge >= 0.3 is 0 Å². The normalized spacial score (nSPS) is 11.0. The summed E-state index contributed by atoms with van der Waals surface area (Å²) >= 11 is 1.79. The lowest BCUT2D eigenvalue weighted by molar-refractivity contribution is -0.116. The molecule has 0 atom stereocenters. The third-order valence-electron chi connectivity index (χ3n) is 4.80. The molecule has 1 heterocycles. The van der Waals surface area contributed by atoms with Gasteiger partial charge in [0.25, 0.3) is 0 Å². The first kappa shape index (κ1) is 23.5. The van der Waals surface area contributed by atoms with Crippen LogP contribution in [0.15, 0.2) is 64.0 Å². The fourth-order valence-corrected chi connectivity index (χ4v) is 3.86. The van der Waals surface area contributed by atoms with Crippen molar-refractivity contribution in [3.8, 4) is 11.5 Å². The lowest BCUT2D eigenvalue weighted by Crippen LogP contribution is -2.22. The average molecular weight is 453 g/mol. The number of hydrogen-bond acceptors (Lipinski definition) is 6. The van der Waals surface area contributed by atoms with E-state index < -0.39 is 0 Å². The molecule has 32 heavy (non-hydrogen) atoms. The monoisotopic (exact) mass is 452 g/mol. The molecular formula is C25H28N2O4S. The first-order valence-electron chi connectivity index (χ1n) is 10.4. The predicted octanol–water partition coefficient (Wildman–Crippen LogP) is 5.19. The zero-order valence-electron chi connectivity index (χ0n) is 18.6. The summed E-state index contributed by atoms with van der Waals surface area (Å²) in [7, 11) is 1.59. The van der Waals surface area contributed by atoms with E-state index in [0.29, 0.717) is 24.7 Å². The number of nitrogens with one attached hydrogen (secondary N) is 1. The van der Waals surface area contributed by atoms with E-state index in [1.807, 2.05) is 50.2 Å². The van der Waals surface area contributed by atoms with Crippen molar-refractivity contribution in [1.82, 2.24) is 10.5 Å². The van der Waals surface area contributed by atoms with Gasteiger partial charge in [-0.1, -0.05) is 29.4 Å². The summed E-state index contributed by atoms with van der Waals surface area (Å²) in [5, 5.41) is 6.85. The van der Waals surface area contributed by atoms with Crippen molar-refractivity contribution in [3.05, 3.63) is 77.2 Å². The molecule has 3 rings (SSSR count). The fourth-order valence-electron chi connectivity index (χ4n) is 2.99. The second-order valence-electron chi connectivity index (χ2n) is 7.14. The average Bonchev–Trinajstić information content (AvgIpc) is 3.14. The number of carbonyl (C=O) groups is 1. The van der Waals surface area contributed by atoms with Gasteiger partial charge in [0.15, 0.2) is 11.5 Å². The zero-order chi connectivity index (χ0) is 22.8. The lowest BCUT2D eigenvalue weighted by Gasteiger charge is -2.11. The van der Waals surface area contributed by atoms with Gasteiger partial charge in [-0.2, -0.15) is 0 Å². The smallest absolute Gasteiger partial charge is 0.243 e. The van der Waals surface area contributed by atoms with Gasteiger partial charge in [0.2, 0.25) is 5.91 Å². The molecule has 1 N–H and O–H groups in total. The van der Waals surface area contributed by atoms with Gasteiger partial charge in [0.1, 0.15) is 12.4 Å². The molecule has 0 aliphatic carbocycles. The van der Waals surface area contributed by atoms with Crippen LogP contribution >= 0.6 is 11.8 Å². The number of methoxy groups -OCH3 is 1. The van der Waals surface area contributed by atoms with Crippen LogP contribution in [0.1, 0.15) is 29.0 Å². The number of hydrogen-bond donors (Lipinski definition) is 1. The molecule has 0 radical (unpaired) electrons. The van der Waals surface area contributed by atoms with Gasteiger partial charge in [0, 0.05) is 17.5 Å². The topological polar surface area (TPSA) is 73.6 Å². The van der Waals surface area contributed by atoms with Crippen LogP contribution in [0.5, 0.6) is 11.5 Å². The number of carbonyl (C=O) groups excluding carboxylic acids is 1. The predicted molar refractivity (Wildman–Crippen MR) is 127 cm³/mol. The summed E-state index contributed by atoms with van der Waals surface area (Å²) in [5.41, 5.74) is 2.59. The highest BCUT2D eigenvalue weighted by atomic mass is 32.2. The van der Waals surface area contributed by atoms with Crippen molar-refractivity contribution in [2.75, 3.05) is 19.4 Å². The van der Waals surface area contributed by atoms with Crippen molar-refractivity contribution in [2.45, 2.75) is 31.8 Å². The Morgan fingerprint density at radius 1 is 1.16 bits per heavy atom. The number of ether oxygens (including phenoxy) is 2. The Balaban J connectivity index is 1.45. The third kappa shape index (κ3) is 6.92. The number of nitrogens with zero attached hydrogens (tertiary/aromatic N) is 1. The molecule has 0 spiro atoms. The SMILES string of the molecule is COc1cc(/C=C/C(=O)NCCCSc2ccccc2)ccc1OCc1c(C)noc1C. The highest BCUT2D eigenvalue weighted by Crippen LogP contribution is 2.30. The lowest BCUT2D eigenvalue weighted by atomic mass is 10.2. The van der Waals surface area contributed by atoms with Crippen LogP contribution in [-0.2, 0) is 11.4 Å². The van der Waals surface area contributed by atoms with Crippen molar-refractivity contribution in [3.63, 3.8) is 0 Å². The molecule has 2 aromatic carbocycles. The largest absolute Gasteiger partial charge is 0.493 e. The van der Waals surface area contributed by atoms with E-state index in [0.717, 1.165) is 34.8 Å². The van der Waals surface area contributed by atoms with Crippen LogP contribution in [0.25, 0.3) is 6.08 Å². The summed E-state index contributed by atoms with van der Waals surface area (Å²) in [5.74, 6) is 2.79. The molecular weight excluding hydrogens is 424 g/mol. The number of rotatable bonds is 11.